The van der Waals surface area contributed by atoms with Crippen LogP contribution in [0.2, 0.25) is 0 Å². The summed E-state index contributed by atoms with van der Waals surface area (Å²) in [6, 6.07) is 0. The first-order chi connectivity index (χ1) is 5.68. The molecule has 0 heterocycles. The Balaban J connectivity index is 2.31. The molecule has 3 nitrogen and oxygen atoms in total. The Kier molecular flexibility index (Phi) is 3.29. The van der Waals surface area contributed by atoms with E-state index in [-0.39, 0.29) is 12.5 Å². The predicted molar refractivity (Wildman–Crippen MR) is 44.8 cm³/mol. The van der Waals surface area contributed by atoms with Crippen LogP contribution in [0.3, 0.4) is 0 Å². The third-order valence-corrected chi connectivity index (χ3v) is 2.09. The van der Waals surface area contributed by atoms with Gasteiger partial charge in [-0.25, -0.2) is 0 Å². The lowest BCUT2D eigenvalue weighted by molar-refractivity contribution is -0.137. The minimum atomic E-state index is -0.768. The lowest BCUT2D eigenvalue weighted by Gasteiger charge is -2.17. The minimum absolute atomic E-state index is 0.179. The van der Waals surface area contributed by atoms with Gasteiger partial charge in [0.2, 0.25) is 0 Å². The number of aliphatic hydroxyl groups excluding tert-OH is 1. The van der Waals surface area contributed by atoms with Crippen LogP contribution in [-0.4, -0.2) is 22.3 Å². The number of hydrogen-bond donors (Lipinski definition) is 2. The zero-order valence-electron chi connectivity index (χ0n) is 6.99. The van der Waals surface area contributed by atoms with Gasteiger partial charge in [-0.1, -0.05) is 11.6 Å². The maximum atomic E-state index is 10.2. The van der Waals surface area contributed by atoms with Gasteiger partial charge in [0.1, 0.15) is 0 Å². The van der Waals surface area contributed by atoms with Crippen LogP contribution in [0, 0.1) is 0 Å². The Labute approximate surface area is 71.7 Å². The molecule has 1 aliphatic rings. The van der Waals surface area contributed by atoms with Gasteiger partial charge in [0.05, 0.1) is 6.10 Å². The average molecular weight is 170 g/mol. The van der Waals surface area contributed by atoms with Crippen LogP contribution in [0.25, 0.3) is 0 Å². The molecule has 0 saturated heterocycles. The van der Waals surface area contributed by atoms with Crippen LogP contribution in [0.1, 0.15) is 32.1 Å². The third kappa shape index (κ3) is 3.05. The summed E-state index contributed by atoms with van der Waals surface area (Å²) < 4.78 is 0. The van der Waals surface area contributed by atoms with E-state index in [1.807, 2.05) is 0 Å². The summed E-state index contributed by atoms with van der Waals surface area (Å²) >= 11 is 0. The molecule has 1 atom stereocenters. The van der Waals surface area contributed by atoms with E-state index in [9.17, 15) is 9.90 Å². The summed E-state index contributed by atoms with van der Waals surface area (Å²) in [7, 11) is 0. The van der Waals surface area contributed by atoms with Gasteiger partial charge >= 0.3 is 5.97 Å². The highest BCUT2D eigenvalue weighted by Gasteiger charge is 2.12. The van der Waals surface area contributed by atoms with E-state index in [0.717, 1.165) is 18.4 Å². The molecule has 0 saturated carbocycles. The molecular formula is C9H14O3. The summed E-state index contributed by atoms with van der Waals surface area (Å²) in [4.78, 5) is 10.2. The second-order valence-electron chi connectivity index (χ2n) is 3.19. The molecule has 0 radical (unpaired) electrons. The van der Waals surface area contributed by atoms with Crippen molar-refractivity contribution in [1.29, 1.82) is 0 Å². The number of carbonyl (C=O) groups is 1. The molecule has 0 aromatic carbocycles. The van der Waals surface area contributed by atoms with Crippen LogP contribution in [0.5, 0.6) is 0 Å². The number of allylic oxidation sites excluding steroid dienone is 1. The van der Waals surface area contributed by atoms with Crippen molar-refractivity contribution < 1.29 is 15.0 Å². The highest BCUT2D eigenvalue weighted by Crippen LogP contribution is 2.21. The SMILES string of the molecule is O=C(O)CCC1=CCCC(O)C1. The van der Waals surface area contributed by atoms with Crippen molar-refractivity contribution in [3.63, 3.8) is 0 Å². The fourth-order valence-electron chi connectivity index (χ4n) is 1.44. The van der Waals surface area contributed by atoms with Crippen molar-refractivity contribution >= 4 is 5.97 Å². The number of carboxylic acid groups (broad SMARTS) is 1. The topological polar surface area (TPSA) is 57.5 Å². The number of aliphatic hydroxyl groups is 1. The van der Waals surface area contributed by atoms with Crippen molar-refractivity contribution in [1.82, 2.24) is 0 Å². The van der Waals surface area contributed by atoms with Gasteiger partial charge in [0.15, 0.2) is 0 Å². The van der Waals surface area contributed by atoms with Crippen LogP contribution in [0.4, 0.5) is 0 Å². The third-order valence-electron chi connectivity index (χ3n) is 2.09. The zero-order valence-corrected chi connectivity index (χ0v) is 6.99. The van der Waals surface area contributed by atoms with Crippen molar-refractivity contribution in [3.8, 4) is 0 Å². The number of carboxylic acids is 1. The summed E-state index contributed by atoms with van der Waals surface area (Å²) in [5.41, 5.74) is 1.09. The average Bonchev–Trinajstić information content (AvgIpc) is 2.01. The van der Waals surface area contributed by atoms with Crippen LogP contribution in [0.15, 0.2) is 11.6 Å². The fraction of sp³-hybridized carbons (Fsp3) is 0.667. The van der Waals surface area contributed by atoms with E-state index < -0.39 is 5.97 Å². The predicted octanol–water partition coefficient (Wildman–Crippen LogP) is 1.32. The van der Waals surface area contributed by atoms with E-state index in [1.165, 1.54) is 0 Å². The smallest absolute Gasteiger partial charge is 0.303 e. The fourth-order valence-corrected chi connectivity index (χ4v) is 1.44. The molecule has 12 heavy (non-hydrogen) atoms. The summed E-state index contributed by atoms with van der Waals surface area (Å²) in [5, 5.41) is 17.7. The quantitative estimate of drug-likeness (QED) is 0.628. The van der Waals surface area contributed by atoms with Gasteiger partial charge < -0.3 is 10.2 Å². The van der Waals surface area contributed by atoms with Gasteiger partial charge in [0.25, 0.3) is 0 Å². The second kappa shape index (κ2) is 4.26. The molecule has 68 valence electrons. The summed E-state index contributed by atoms with van der Waals surface area (Å²) in [6.07, 6.45) is 4.93. The van der Waals surface area contributed by atoms with Crippen molar-refractivity contribution in [2.75, 3.05) is 0 Å². The van der Waals surface area contributed by atoms with E-state index in [4.69, 9.17) is 5.11 Å². The molecule has 0 amide bonds. The first-order valence-corrected chi connectivity index (χ1v) is 4.26. The van der Waals surface area contributed by atoms with Crippen LogP contribution >= 0.6 is 0 Å². The lowest BCUT2D eigenvalue weighted by atomic mass is 9.94. The Morgan fingerprint density at radius 1 is 1.67 bits per heavy atom. The first kappa shape index (κ1) is 9.26. The molecule has 1 rings (SSSR count). The molecule has 1 aliphatic carbocycles. The molecule has 3 heteroatoms. The normalized spacial score (nSPS) is 23.4. The summed E-state index contributed by atoms with van der Waals surface area (Å²) in [5.74, 6) is -0.768. The number of aliphatic carboxylic acids is 1. The first-order valence-electron chi connectivity index (χ1n) is 4.26. The van der Waals surface area contributed by atoms with Gasteiger partial charge in [-0.2, -0.15) is 0 Å². The number of hydrogen-bond acceptors (Lipinski definition) is 2. The van der Waals surface area contributed by atoms with Gasteiger partial charge in [-0.3, -0.25) is 4.79 Å². The Morgan fingerprint density at radius 2 is 2.42 bits per heavy atom. The molecule has 0 spiro atoms. The largest absolute Gasteiger partial charge is 0.481 e. The lowest BCUT2D eigenvalue weighted by Crippen LogP contribution is -2.12. The van der Waals surface area contributed by atoms with Gasteiger partial charge in [-0.05, 0) is 25.7 Å². The standard InChI is InChI=1S/C9H14O3/c10-8-3-1-2-7(6-8)4-5-9(11)12/h2,8,10H,1,3-6H2,(H,11,12). The van der Waals surface area contributed by atoms with E-state index in [1.54, 1.807) is 0 Å². The van der Waals surface area contributed by atoms with Crippen molar-refractivity contribution in [2.45, 2.75) is 38.2 Å². The molecule has 0 aliphatic heterocycles. The Hall–Kier alpha value is -0.830. The minimum Gasteiger partial charge on any atom is -0.481 e. The van der Waals surface area contributed by atoms with Crippen LogP contribution in [-0.2, 0) is 4.79 Å². The van der Waals surface area contributed by atoms with E-state index in [0.29, 0.717) is 12.8 Å². The van der Waals surface area contributed by atoms with Gasteiger partial charge in [0, 0.05) is 6.42 Å². The molecule has 0 bridgehead atoms. The van der Waals surface area contributed by atoms with E-state index in [2.05, 4.69) is 6.08 Å². The Morgan fingerprint density at radius 3 is 3.00 bits per heavy atom. The monoisotopic (exact) mass is 170 g/mol. The van der Waals surface area contributed by atoms with Crippen molar-refractivity contribution in [2.24, 2.45) is 0 Å². The maximum Gasteiger partial charge on any atom is 0.303 e. The highest BCUT2D eigenvalue weighted by atomic mass is 16.4. The molecule has 1 unspecified atom stereocenters. The Bertz CT molecular complexity index is 196. The molecule has 0 aromatic heterocycles. The molecular weight excluding hydrogens is 156 g/mol. The maximum absolute atomic E-state index is 10.2. The summed E-state index contributed by atoms with van der Waals surface area (Å²) in [6.45, 7) is 0. The van der Waals surface area contributed by atoms with Crippen molar-refractivity contribution in [3.05, 3.63) is 11.6 Å². The van der Waals surface area contributed by atoms with Gasteiger partial charge in [-0.15, -0.1) is 0 Å². The van der Waals surface area contributed by atoms with Crippen LogP contribution < -0.4 is 0 Å². The van der Waals surface area contributed by atoms with E-state index >= 15 is 0 Å². The highest BCUT2D eigenvalue weighted by molar-refractivity contribution is 5.67. The molecule has 0 aromatic rings. The molecule has 0 fully saturated rings. The second-order valence-corrected chi connectivity index (χ2v) is 3.19. The number of rotatable bonds is 3. The zero-order chi connectivity index (χ0) is 8.97. The molecule has 2 N–H and O–H groups in total.